The highest BCUT2D eigenvalue weighted by atomic mass is 16.5. The Morgan fingerprint density at radius 3 is 3.04 bits per heavy atom. The first kappa shape index (κ1) is 14.6. The molecule has 1 amide bonds. The van der Waals surface area contributed by atoms with E-state index in [2.05, 4.69) is 0 Å². The molecule has 0 spiro atoms. The molecule has 0 radical (unpaired) electrons. The molecule has 1 saturated carbocycles. The molecule has 0 bridgehead atoms. The summed E-state index contributed by atoms with van der Waals surface area (Å²) in [4.78, 5) is 15.2. The molecule has 2 aromatic rings. The summed E-state index contributed by atoms with van der Waals surface area (Å²) in [7, 11) is 1.63. The van der Waals surface area contributed by atoms with E-state index >= 15 is 0 Å². The van der Waals surface area contributed by atoms with Gasteiger partial charge >= 0.3 is 0 Å². The van der Waals surface area contributed by atoms with Gasteiger partial charge in [-0.25, -0.2) is 0 Å². The Balaban J connectivity index is 1.75. The van der Waals surface area contributed by atoms with E-state index in [0.29, 0.717) is 24.5 Å². The summed E-state index contributed by atoms with van der Waals surface area (Å²) >= 11 is 0. The van der Waals surface area contributed by atoms with Crippen molar-refractivity contribution in [2.45, 2.75) is 38.3 Å². The number of furan rings is 1. The number of nitrogens with zero attached hydrogens (tertiary/aromatic N) is 1. The zero-order valence-corrected chi connectivity index (χ0v) is 13.5. The third kappa shape index (κ3) is 2.30. The molecule has 4 rings (SSSR count). The highest BCUT2D eigenvalue weighted by Crippen LogP contribution is 2.34. The first-order chi connectivity index (χ1) is 11.2. The van der Waals surface area contributed by atoms with E-state index in [-0.39, 0.29) is 18.1 Å². The second-order valence-corrected chi connectivity index (χ2v) is 6.30. The number of rotatable bonds is 2. The Kier molecular flexibility index (Phi) is 3.53. The highest BCUT2D eigenvalue weighted by molar-refractivity contribution is 6.07. The molecule has 1 aliphatic heterocycles. The summed E-state index contributed by atoms with van der Waals surface area (Å²) in [5, 5.41) is 0.827. The molecule has 1 aromatic carbocycles. The van der Waals surface area contributed by atoms with Crippen molar-refractivity contribution in [3.05, 3.63) is 29.5 Å². The number of morpholine rings is 1. The minimum Gasteiger partial charge on any atom is -0.497 e. The number of hydrogen-bond donors (Lipinski definition) is 0. The SMILES string of the molecule is COc1ccc2oc(C)c(C(=O)N3CCO[C@@H]4CCC[C@H]43)c2c1. The standard InChI is InChI=1S/C18H21NO4/c1-11-17(13-10-12(21-2)6-7-15(13)23-11)18(20)19-8-9-22-16-5-3-4-14(16)19/h6-7,10,14,16H,3-5,8-9H2,1-2H3/t14-,16-/m1/s1. The molecule has 5 nitrogen and oxygen atoms in total. The van der Waals surface area contributed by atoms with Crippen LogP contribution in [0.3, 0.4) is 0 Å². The van der Waals surface area contributed by atoms with Gasteiger partial charge in [-0.15, -0.1) is 0 Å². The topological polar surface area (TPSA) is 51.9 Å². The van der Waals surface area contributed by atoms with E-state index in [1.54, 1.807) is 7.11 Å². The van der Waals surface area contributed by atoms with Crippen molar-refractivity contribution in [2.75, 3.05) is 20.3 Å². The summed E-state index contributed by atoms with van der Waals surface area (Å²) in [6.07, 6.45) is 3.39. The van der Waals surface area contributed by atoms with Crippen molar-refractivity contribution in [1.29, 1.82) is 0 Å². The zero-order valence-electron chi connectivity index (χ0n) is 13.5. The van der Waals surface area contributed by atoms with Crippen LogP contribution < -0.4 is 4.74 Å². The smallest absolute Gasteiger partial charge is 0.258 e. The lowest BCUT2D eigenvalue weighted by atomic mass is 10.1. The van der Waals surface area contributed by atoms with E-state index < -0.39 is 0 Å². The maximum atomic E-state index is 13.2. The number of hydrogen-bond acceptors (Lipinski definition) is 4. The van der Waals surface area contributed by atoms with Gasteiger partial charge in [-0.1, -0.05) is 0 Å². The molecule has 0 N–H and O–H groups in total. The lowest BCUT2D eigenvalue weighted by Crippen LogP contribution is -2.51. The fourth-order valence-electron chi connectivity index (χ4n) is 3.91. The van der Waals surface area contributed by atoms with Gasteiger partial charge in [-0.2, -0.15) is 0 Å². The van der Waals surface area contributed by atoms with Gasteiger partial charge in [0.2, 0.25) is 0 Å². The molecule has 2 aliphatic rings. The average molecular weight is 315 g/mol. The van der Waals surface area contributed by atoms with E-state index in [4.69, 9.17) is 13.9 Å². The van der Waals surface area contributed by atoms with Gasteiger partial charge in [0.25, 0.3) is 5.91 Å². The van der Waals surface area contributed by atoms with Crippen molar-refractivity contribution in [1.82, 2.24) is 4.90 Å². The second kappa shape index (κ2) is 5.57. The molecule has 5 heteroatoms. The van der Waals surface area contributed by atoms with Gasteiger partial charge in [0.05, 0.1) is 31.4 Å². The maximum Gasteiger partial charge on any atom is 0.258 e. The number of amides is 1. The van der Waals surface area contributed by atoms with Crippen LogP contribution in [0.2, 0.25) is 0 Å². The van der Waals surface area contributed by atoms with Crippen LogP contribution in [0.5, 0.6) is 5.75 Å². The molecule has 0 unspecified atom stereocenters. The van der Waals surface area contributed by atoms with Crippen LogP contribution in [-0.4, -0.2) is 43.2 Å². The predicted octanol–water partition coefficient (Wildman–Crippen LogP) is 3.14. The Labute approximate surface area is 135 Å². The third-order valence-electron chi connectivity index (χ3n) is 5.03. The number of fused-ring (bicyclic) bond motifs is 2. The Hall–Kier alpha value is -2.01. The van der Waals surface area contributed by atoms with Crippen molar-refractivity contribution < 1.29 is 18.7 Å². The van der Waals surface area contributed by atoms with E-state index in [1.165, 1.54) is 0 Å². The van der Waals surface area contributed by atoms with Crippen molar-refractivity contribution in [3.8, 4) is 5.75 Å². The molecule has 122 valence electrons. The monoisotopic (exact) mass is 315 g/mol. The molecule has 2 heterocycles. The van der Waals surface area contributed by atoms with Gasteiger partial charge in [0.15, 0.2) is 0 Å². The van der Waals surface area contributed by atoms with E-state index in [0.717, 1.165) is 36.0 Å². The van der Waals surface area contributed by atoms with Crippen molar-refractivity contribution in [3.63, 3.8) is 0 Å². The second-order valence-electron chi connectivity index (χ2n) is 6.30. The number of benzene rings is 1. The van der Waals surface area contributed by atoms with Crippen LogP contribution in [0, 0.1) is 6.92 Å². The molecule has 2 fully saturated rings. The number of ether oxygens (including phenoxy) is 2. The van der Waals surface area contributed by atoms with Crippen LogP contribution >= 0.6 is 0 Å². The third-order valence-corrected chi connectivity index (χ3v) is 5.03. The number of carbonyl (C=O) groups excluding carboxylic acids is 1. The number of methoxy groups -OCH3 is 1. The molecule has 1 saturated heterocycles. The van der Waals surface area contributed by atoms with Gasteiger partial charge in [-0.05, 0) is 44.4 Å². The summed E-state index contributed by atoms with van der Waals surface area (Å²) < 4.78 is 16.9. The molecule has 1 aliphatic carbocycles. The fourth-order valence-corrected chi connectivity index (χ4v) is 3.91. The molecule has 1 aromatic heterocycles. The van der Waals surface area contributed by atoms with E-state index in [9.17, 15) is 4.79 Å². The van der Waals surface area contributed by atoms with Gasteiger partial charge in [-0.3, -0.25) is 4.79 Å². The van der Waals surface area contributed by atoms with Crippen LogP contribution in [0.25, 0.3) is 11.0 Å². The minimum atomic E-state index is 0.0507. The lowest BCUT2D eigenvalue weighted by Gasteiger charge is -2.37. The normalized spacial score (nSPS) is 24.0. The van der Waals surface area contributed by atoms with Crippen LogP contribution in [0.15, 0.2) is 22.6 Å². The van der Waals surface area contributed by atoms with Crippen LogP contribution in [-0.2, 0) is 4.74 Å². The summed E-state index contributed by atoms with van der Waals surface area (Å²) in [6.45, 7) is 3.12. The van der Waals surface area contributed by atoms with E-state index in [1.807, 2.05) is 30.0 Å². The molecule has 2 atom stereocenters. The molecule has 23 heavy (non-hydrogen) atoms. The predicted molar refractivity (Wildman–Crippen MR) is 85.9 cm³/mol. The van der Waals surface area contributed by atoms with Gasteiger partial charge in [0.1, 0.15) is 17.1 Å². The Morgan fingerprint density at radius 2 is 2.22 bits per heavy atom. The van der Waals surface area contributed by atoms with Gasteiger partial charge in [0, 0.05) is 11.9 Å². The summed E-state index contributed by atoms with van der Waals surface area (Å²) in [6, 6.07) is 5.79. The minimum absolute atomic E-state index is 0.0507. The Bertz CT molecular complexity index is 751. The average Bonchev–Trinajstić information content (AvgIpc) is 3.16. The number of carbonyl (C=O) groups is 1. The van der Waals surface area contributed by atoms with Gasteiger partial charge < -0.3 is 18.8 Å². The first-order valence-electron chi connectivity index (χ1n) is 8.19. The Morgan fingerprint density at radius 1 is 1.35 bits per heavy atom. The van der Waals surface area contributed by atoms with Crippen molar-refractivity contribution >= 4 is 16.9 Å². The summed E-state index contributed by atoms with van der Waals surface area (Å²) in [5.74, 6) is 1.45. The highest BCUT2D eigenvalue weighted by Gasteiger charge is 2.39. The quantitative estimate of drug-likeness (QED) is 0.854. The lowest BCUT2D eigenvalue weighted by molar-refractivity contribution is -0.0445. The number of aryl methyl sites for hydroxylation is 1. The molecular formula is C18H21NO4. The molecular weight excluding hydrogens is 294 g/mol. The zero-order chi connectivity index (χ0) is 16.0. The van der Waals surface area contributed by atoms with Crippen LogP contribution in [0.1, 0.15) is 35.4 Å². The van der Waals surface area contributed by atoms with Crippen LogP contribution in [0.4, 0.5) is 0 Å². The first-order valence-corrected chi connectivity index (χ1v) is 8.19. The van der Waals surface area contributed by atoms with Crippen molar-refractivity contribution in [2.24, 2.45) is 0 Å². The fraction of sp³-hybridized carbons (Fsp3) is 0.500. The largest absolute Gasteiger partial charge is 0.497 e. The summed E-state index contributed by atoms with van der Waals surface area (Å²) in [5.41, 5.74) is 1.38. The maximum absolute atomic E-state index is 13.2.